The summed E-state index contributed by atoms with van der Waals surface area (Å²) >= 11 is 1.39. The van der Waals surface area contributed by atoms with Crippen LogP contribution in [0.3, 0.4) is 0 Å². The molecule has 0 aliphatic heterocycles. The van der Waals surface area contributed by atoms with Crippen molar-refractivity contribution < 1.29 is 22.4 Å². The first kappa shape index (κ1) is 27.4. The highest BCUT2D eigenvalue weighted by Crippen LogP contribution is 2.34. The maximum Gasteiger partial charge on any atom is 0.260 e. The van der Waals surface area contributed by atoms with Crippen LogP contribution in [0.15, 0.2) is 70.2 Å². The Bertz CT molecular complexity index is 1510. The van der Waals surface area contributed by atoms with Gasteiger partial charge in [-0.3, -0.25) is 9.69 Å². The summed E-state index contributed by atoms with van der Waals surface area (Å²) in [7, 11) is -3.66. The van der Waals surface area contributed by atoms with Gasteiger partial charge in [0.25, 0.3) is 5.91 Å². The molecule has 0 radical (unpaired) electrons. The predicted molar refractivity (Wildman–Crippen MR) is 153 cm³/mol. The molecular weight excluding hydrogens is 534 g/mol. The number of carbonyl (C=O) groups is 1. The average molecular weight is 568 g/mol. The largest absolute Gasteiger partial charge is 0.494 e. The number of hydrogen-bond donors (Lipinski definition) is 0. The van der Waals surface area contributed by atoms with Crippen molar-refractivity contribution in [1.29, 1.82) is 0 Å². The molecule has 0 atom stereocenters. The Morgan fingerprint density at radius 3 is 2.51 bits per heavy atom. The molecule has 0 spiro atoms. The molecule has 1 fully saturated rings. The van der Waals surface area contributed by atoms with Gasteiger partial charge >= 0.3 is 0 Å². The fourth-order valence-electron chi connectivity index (χ4n) is 5.10. The lowest BCUT2D eigenvalue weighted by Gasteiger charge is -2.32. The number of benzene rings is 2. The Morgan fingerprint density at radius 1 is 1.08 bits per heavy atom. The summed E-state index contributed by atoms with van der Waals surface area (Å²) < 4.78 is 40.6. The molecule has 8 nitrogen and oxygen atoms in total. The van der Waals surface area contributed by atoms with Gasteiger partial charge in [0.1, 0.15) is 11.5 Å². The number of anilines is 1. The first-order chi connectivity index (χ1) is 18.9. The SMILES string of the molecule is CCOc1ccc2nc(N(Cc3ccco3)C(=O)c3ccc(S(=O)(=O)N(CC)C4CCCCC4)cc3)sc2c1. The summed E-state index contributed by atoms with van der Waals surface area (Å²) in [5, 5.41) is 0.520. The monoisotopic (exact) mass is 567 g/mol. The maximum atomic E-state index is 13.8. The van der Waals surface area contributed by atoms with E-state index in [1.54, 1.807) is 39.7 Å². The number of amides is 1. The number of hydrogen-bond acceptors (Lipinski definition) is 7. The standard InChI is InChI=1S/C29H33N3O5S2/c1-3-32(22-9-6-5-7-10-22)39(34,35)25-15-12-21(13-16-25)28(33)31(20-24-11-8-18-37-24)29-30-26-17-14-23(36-4-2)19-27(26)38-29/h8,11-19,22H,3-7,9-10,20H2,1-2H3. The Morgan fingerprint density at radius 2 is 1.85 bits per heavy atom. The van der Waals surface area contributed by atoms with Gasteiger partial charge in [-0.05, 0) is 74.4 Å². The summed E-state index contributed by atoms with van der Waals surface area (Å²) in [5.41, 5.74) is 1.13. The van der Waals surface area contributed by atoms with Gasteiger partial charge in [-0.1, -0.05) is 37.5 Å². The molecule has 0 saturated heterocycles. The Balaban J connectivity index is 1.43. The quantitative estimate of drug-likeness (QED) is 0.218. The third-order valence-electron chi connectivity index (χ3n) is 7.03. The van der Waals surface area contributed by atoms with Crippen LogP contribution in [0.1, 0.15) is 62.1 Å². The molecule has 39 heavy (non-hydrogen) atoms. The summed E-state index contributed by atoms with van der Waals surface area (Å²) in [6, 6.07) is 15.5. The molecule has 0 N–H and O–H groups in total. The van der Waals surface area contributed by atoms with Crippen molar-refractivity contribution in [3.8, 4) is 5.75 Å². The molecule has 4 aromatic rings. The Kier molecular flexibility index (Phi) is 8.34. The normalized spacial score (nSPS) is 14.6. The highest BCUT2D eigenvalue weighted by molar-refractivity contribution is 7.89. The van der Waals surface area contributed by atoms with Crippen molar-refractivity contribution in [3.05, 3.63) is 72.2 Å². The van der Waals surface area contributed by atoms with Crippen molar-refractivity contribution in [2.45, 2.75) is 63.4 Å². The summed E-state index contributed by atoms with van der Waals surface area (Å²) in [6.45, 7) is 4.98. The van der Waals surface area contributed by atoms with Crippen LogP contribution < -0.4 is 9.64 Å². The second kappa shape index (κ2) is 11.9. The summed E-state index contributed by atoms with van der Waals surface area (Å²) in [6.07, 6.45) is 6.60. The zero-order valence-electron chi connectivity index (χ0n) is 22.2. The first-order valence-electron chi connectivity index (χ1n) is 13.4. The van der Waals surface area contributed by atoms with Crippen LogP contribution in [0.4, 0.5) is 5.13 Å². The lowest BCUT2D eigenvalue weighted by Crippen LogP contribution is -2.41. The van der Waals surface area contributed by atoms with Crippen molar-refractivity contribution in [2.24, 2.45) is 0 Å². The van der Waals surface area contributed by atoms with E-state index in [2.05, 4.69) is 0 Å². The number of thiazole rings is 1. The van der Waals surface area contributed by atoms with Gasteiger partial charge in [0.2, 0.25) is 10.0 Å². The number of furan rings is 1. The second-order valence-electron chi connectivity index (χ2n) is 9.55. The van der Waals surface area contributed by atoms with Crippen molar-refractivity contribution in [3.63, 3.8) is 0 Å². The molecule has 206 valence electrons. The van der Waals surface area contributed by atoms with Crippen LogP contribution in [0.25, 0.3) is 10.2 Å². The number of fused-ring (bicyclic) bond motifs is 1. The average Bonchev–Trinajstić information content (AvgIpc) is 3.62. The van der Waals surface area contributed by atoms with Gasteiger partial charge < -0.3 is 9.15 Å². The Hall–Kier alpha value is -3.21. The van der Waals surface area contributed by atoms with Gasteiger partial charge in [0.15, 0.2) is 5.13 Å². The first-order valence-corrected chi connectivity index (χ1v) is 15.7. The van der Waals surface area contributed by atoms with Gasteiger partial charge in [0, 0.05) is 18.2 Å². The number of sulfonamides is 1. The van der Waals surface area contributed by atoms with Crippen LogP contribution in [-0.2, 0) is 16.6 Å². The zero-order chi connectivity index (χ0) is 27.4. The number of rotatable bonds is 10. The molecule has 2 aromatic carbocycles. The van der Waals surface area contributed by atoms with Crippen LogP contribution in [-0.4, -0.2) is 42.8 Å². The molecule has 1 aliphatic rings. The highest BCUT2D eigenvalue weighted by atomic mass is 32.2. The van der Waals surface area contributed by atoms with Gasteiger partial charge in [-0.15, -0.1) is 0 Å². The molecule has 0 unspecified atom stereocenters. The van der Waals surface area contributed by atoms with Crippen molar-refractivity contribution in [1.82, 2.24) is 9.29 Å². The minimum Gasteiger partial charge on any atom is -0.494 e. The molecule has 1 amide bonds. The van der Waals surface area contributed by atoms with E-state index in [1.807, 2.05) is 32.0 Å². The fraction of sp³-hybridized carbons (Fsp3) is 0.379. The molecule has 1 saturated carbocycles. The van der Waals surface area contributed by atoms with E-state index < -0.39 is 10.0 Å². The maximum absolute atomic E-state index is 13.8. The van der Waals surface area contributed by atoms with E-state index in [1.165, 1.54) is 23.5 Å². The predicted octanol–water partition coefficient (Wildman–Crippen LogP) is 6.48. The van der Waals surface area contributed by atoms with Crippen molar-refractivity contribution >= 4 is 42.6 Å². The molecule has 1 aliphatic carbocycles. The fourth-order valence-corrected chi connectivity index (χ4v) is 7.79. The van der Waals surface area contributed by atoms with Gasteiger partial charge in [0.05, 0.1) is 34.5 Å². The minimum absolute atomic E-state index is 0.0288. The number of ether oxygens (including phenoxy) is 1. The molecule has 0 bridgehead atoms. The van der Waals surface area contributed by atoms with E-state index in [0.717, 1.165) is 48.1 Å². The lowest BCUT2D eigenvalue weighted by molar-refractivity contribution is 0.0983. The second-order valence-corrected chi connectivity index (χ2v) is 12.5. The van der Waals surface area contributed by atoms with E-state index in [9.17, 15) is 13.2 Å². The van der Waals surface area contributed by atoms with Crippen LogP contribution in [0, 0.1) is 0 Å². The van der Waals surface area contributed by atoms with E-state index in [-0.39, 0.29) is 23.4 Å². The van der Waals surface area contributed by atoms with Crippen LogP contribution in [0.2, 0.25) is 0 Å². The summed E-state index contributed by atoms with van der Waals surface area (Å²) in [5.74, 6) is 1.07. The highest BCUT2D eigenvalue weighted by Gasteiger charge is 2.31. The van der Waals surface area contributed by atoms with Crippen LogP contribution >= 0.6 is 11.3 Å². The topological polar surface area (TPSA) is 93.0 Å². The number of nitrogens with zero attached hydrogens (tertiary/aromatic N) is 3. The number of aromatic nitrogens is 1. The van der Waals surface area contributed by atoms with Crippen LogP contribution in [0.5, 0.6) is 5.75 Å². The van der Waals surface area contributed by atoms with E-state index >= 15 is 0 Å². The zero-order valence-corrected chi connectivity index (χ0v) is 23.8. The molecule has 5 rings (SSSR count). The lowest BCUT2D eigenvalue weighted by atomic mass is 9.95. The van der Waals surface area contributed by atoms with Crippen molar-refractivity contribution in [2.75, 3.05) is 18.1 Å². The van der Waals surface area contributed by atoms with Gasteiger partial charge in [-0.25, -0.2) is 13.4 Å². The molecule has 2 aromatic heterocycles. The van der Waals surface area contributed by atoms with E-state index in [0.29, 0.717) is 29.6 Å². The Labute approximate surface area is 233 Å². The number of carbonyl (C=O) groups excluding carboxylic acids is 1. The summed E-state index contributed by atoms with van der Waals surface area (Å²) in [4.78, 5) is 20.3. The third-order valence-corrected chi connectivity index (χ3v) is 10.1. The molecule has 2 heterocycles. The van der Waals surface area contributed by atoms with Gasteiger partial charge in [-0.2, -0.15) is 4.31 Å². The third kappa shape index (κ3) is 5.88. The molecule has 10 heteroatoms. The smallest absolute Gasteiger partial charge is 0.260 e. The van der Waals surface area contributed by atoms with E-state index in [4.69, 9.17) is 14.1 Å². The molecular formula is C29H33N3O5S2. The minimum atomic E-state index is -3.66.